The third kappa shape index (κ3) is 40.9. The number of ether oxygens (including phenoxy) is 2. The average Bonchev–Trinajstić information content (AvgIpc) is 3.37. The summed E-state index contributed by atoms with van der Waals surface area (Å²) in [6.45, 7) is 3.75. The minimum atomic E-state index is -1.56. The number of carbonyl (C=O) groups is 1. The Morgan fingerprint density at radius 1 is 0.493 bits per heavy atom. The highest BCUT2D eigenvalue weighted by atomic mass is 16.7. The van der Waals surface area contributed by atoms with Crippen molar-refractivity contribution in [1.82, 2.24) is 5.32 Å². The van der Waals surface area contributed by atoms with E-state index in [9.17, 15) is 30.3 Å². The van der Waals surface area contributed by atoms with Crippen molar-refractivity contribution in [3.05, 3.63) is 60.8 Å². The van der Waals surface area contributed by atoms with Crippen molar-refractivity contribution in [2.75, 3.05) is 13.2 Å². The fraction of sp³-hybridized carbons (Fsp3) is 0.823. The summed E-state index contributed by atoms with van der Waals surface area (Å²) in [7, 11) is 0. The van der Waals surface area contributed by atoms with Gasteiger partial charge in [-0.2, -0.15) is 0 Å². The summed E-state index contributed by atoms with van der Waals surface area (Å²) in [6.07, 6.45) is 62.4. The van der Waals surface area contributed by atoms with Gasteiger partial charge in [0.1, 0.15) is 24.4 Å². The van der Waals surface area contributed by atoms with Crippen molar-refractivity contribution in [3.8, 4) is 0 Å². The molecular weight excluding hydrogens is 887 g/mol. The van der Waals surface area contributed by atoms with Gasteiger partial charge in [0.25, 0.3) is 0 Å². The summed E-state index contributed by atoms with van der Waals surface area (Å²) in [6, 6.07) is -0.724. The van der Waals surface area contributed by atoms with Gasteiger partial charge in [0.05, 0.1) is 25.4 Å². The van der Waals surface area contributed by atoms with E-state index >= 15 is 0 Å². The molecule has 1 saturated heterocycles. The first-order valence-corrected chi connectivity index (χ1v) is 30.0. The molecule has 1 heterocycles. The number of nitrogens with one attached hydrogen (secondary N) is 1. The highest BCUT2D eigenvalue weighted by Crippen LogP contribution is 2.23. The van der Waals surface area contributed by atoms with E-state index < -0.39 is 49.5 Å². The van der Waals surface area contributed by atoms with E-state index in [0.717, 1.165) is 70.6 Å². The van der Waals surface area contributed by atoms with Gasteiger partial charge in [-0.1, -0.05) is 267 Å². The van der Waals surface area contributed by atoms with E-state index in [1.165, 1.54) is 173 Å². The molecule has 1 aliphatic rings. The first kappa shape index (κ1) is 66.9. The van der Waals surface area contributed by atoms with Crippen LogP contribution in [0.2, 0.25) is 0 Å². The molecule has 0 aromatic carbocycles. The van der Waals surface area contributed by atoms with E-state index in [0.29, 0.717) is 12.8 Å². The Balaban J connectivity index is 2.19. The molecule has 7 atom stereocenters. The Morgan fingerprint density at radius 2 is 0.873 bits per heavy atom. The van der Waals surface area contributed by atoms with Crippen LogP contribution in [0.5, 0.6) is 0 Å². The van der Waals surface area contributed by atoms with Crippen LogP contribution in [0.4, 0.5) is 0 Å². The van der Waals surface area contributed by atoms with Crippen LogP contribution in [-0.4, -0.2) is 87.5 Å². The number of aliphatic hydroxyl groups excluding tert-OH is 5. The van der Waals surface area contributed by atoms with Crippen molar-refractivity contribution in [2.45, 2.75) is 314 Å². The van der Waals surface area contributed by atoms with Gasteiger partial charge < -0.3 is 40.3 Å². The number of amides is 1. The maximum atomic E-state index is 13.1. The van der Waals surface area contributed by atoms with E-state index in [4.69, 9.17) is 9.47 Å². The molecule has 9 heteroatoms. The Bertz CT molecular complexity index is 1300. The average molecular weight is 1000 g/mol. The highest BCUT2D eigenvalue weighted by Gasteiger charge is 2.44. The fourth-order valence-corrected chi connectivity index (χ4v) is 9.43. The molecule has 0 aliphatic carbocycles. The Morgan fingerprint density at radius 3 is 1.30 bits per heavy atom. The summed E-state index contributed by atoms with van der Waals surface area (Å²) in [4.78, 5) is 13.1. The van der Waals surface area contributed by atoms with E-state index in [1.54, 1.807) is 0 Å². The third-order valence-electron chi connectivity index (χ3n) is 14.1. The molecular formula is C62H113NO8. The number of hydrogen-bond acceptors (Lipinski definition) is 8. The first-order chi connectivity index (χ1) is 34.8. The minimum Gasteiger partial charge on any atom is -0.394 e. The predicted molar refractivity (Wildman–Crippen MR) is 299 cm³/mol. The number of aliphatic hydroxyl groups is 5. The van der Waals surface area contributed by atoms with Crippen LogP contribution in [0.1, 0.15) is 271 Å². The molecule has 0 radical (unpaired) electrons. The van der Waals surface area contributed by atoms with E-state index in [1.807, 2.05) is 0 Å². The lowest BCUT2D eigenvalue weighted by Crippen LogP contribution is -2.60. The summed E-state index contributed by atoms with van der Waals surface area (Å²) in [5.74, 6) is -0.147. The molecule has 0 bridgehead atoms. The lowest BCUT2D eigenvalue weighted by atomic mass is 9.99. The Hall–Kier alpha value is -2.11. The Labute approximate surface area is 436 Å². The molecule has 71 heavy (non-hydrogen) atoms. The van der Waals surface area contributed by atoms with Crippen molar-refractivity contribution >= 4 is 5.91 Å². The van der Waals surface area contributed by atoms with Crippen molar-refractivity contribution in [1.29, 1.82) is 0 Å². The molecule has 0 aromatic rings. The van der Waals surface area contributed by atoms with Crippen molar-refractivity contribution in [3.63, 3.8) is 0 Å². The van der Waals surface area contributed by atoms with Gasteiger partial charge in [-0.05, 0) is 57.8 Å². The van der Waals surface area contributed by atoms with Crippen LogP contribution < -0.4 is 5.32 Å². The van der Waals surface area contributed by atoms with E-state index in [2.05, 4.69) is 79.9 Å². The maximum Gasteiger partial charge on any atom is 0.220 e. The number of carbonyl (C=O) groups excluding carboxylic acids is 1. The fourth-order valence-electron chi connectivity index (χ4n) is 9.43. The molecule has 1 fully saturated rings. The predicted octanol–water partition coefficient (Wildman–Crippen LogP) is 15.1. The van der Waals surface area contributed by atoms with Gasteiger partial charge in [0.15, 0.2) is 6.29 Å². The third-order valence-corrected chi connectivity index (χ3v) is 14.1. The van der Waals surface area contributed by atoms with Crippen molar-refractivity contribution < 1.29 is 39.8 Å². The van der Waals surface area contributed by atoms with Gasteiger partial charge in [0.2, 0.25) is 5.91 Å². The summed E-state index contributed by atoms with van der Waals surface area (Å²) in [5.41, 5.74) is 0. The highest BCUT2D eigenvalue weighted by molar-refractivity contribution is 5.76. The second kappa shape index (κ2) is 51.4. The number of unbranched alkanes of at least 4 members (excludes halogenated alkanes) is 31. The largest absolute Gasteiger partial charge is 0.394 e. The molecule has 0 spiro atoms. The van der Waals surface area contributed by atoms with Crippen LogP contribution >= 0.6 is 0 Å². The second-order valence-corrected chi connectivity index (χ2v) is 20.8. The molecule has 414 valence electrons. The lowest BCUT2D eigenvalue weighted by Gasteiger charge is -2.40. The molecule has 0 saturated carbocycles. The van der Waals surface area contributed by atoms with Gasteiger partial charge in [-0.15, -0.1) is 0 Å². The van der Waals surface area contributed by atoms with E-state index in [-0.39, 0.29) is 12.5 Å². The maximum absolute atomic E-state index is 13.1. The molecule has 7 unspecified atom stereocenters. The van der Waals surface area contributed by atoms with Crippen LogP contribution in [0, 0.1) is 0 Å². The summed E-state index contributed by atoms with van der Waals surface area (Å²) in [5, 5.41) is 54.8. The van der Waals surface area contributed by atoms with Gasteiger partial charge in [-0.25, -0.2) is 0 Å². The molecule has 1 rings (SSSR count). The minimum absolute atomic E-state index is 0.140. The van der Waals surface area contributed by atoms with Crippen LogP contribution in [-0.2, 0) is 14.3 Å². The SMILES string of the molecule is CC/C=C\C/C=C\C/C=C\C/C=C\C/C=C\CCCCCCCCCCCCCC(=O)NC(COC1OC(CO)C(O)C(O)C1O)C(O)CCCCCCCCCCCCCCCCCCCCCCC. The normalized spacial score (nSPS) is 19.7. The number of allylic oxidation sites excluding steroid dienone is 10. The lowest BCUT2D eigenvalue weighted by molar-refractivity contribution is -0.302. The quantitative estimate of drug-likeness (QED) is 0.0261. The molecule has 0 aromatic heterocycles. The topological polar surface area (TPSA) is 149 Å². The second-order valence-electron chi connectivity index (χ2n) is 20.8. The van der Waals surface area contributed by atoms with Gasteiger partial charge in [0, 0.05) is 6.42 Å². The zero-order chi connectivity index (χ0) is 51.5. The zero-order valence-electron chi connectivity index (χ0n) is 46.0. The Kier molecular flexibility index (Phi) is 48.4. The zero-order valence-corrected chi connectivity index (χ0v) is 46.0. The molecule has 9 nitrogen and oxygen atoms in total. The smallest absolute Gasteiger partial charge is 0.220 e. The van der Waals surface area contributed by atoms with Crippen molar-refractivity contribution in [2.24, 2.45) is 0 Å². The molecule has 6 N–H and O–H groups in total. The van der Waals surface area contributed by atoms with Gasteiger partial charge in [-0.3, -0.25) is 4.79 Å². The number of rotatable bonds is 51. The van der Waals surface area contributed by atoms with Crippen LogP contribution in [0.25, 0.3) is 0 Å². The summed E-state index contributed by atoms with van der Waals surface area (Å²) >= 11 is 0. The summed E-state index contributed by atoms with van der Waals surface area (Å²) < 4.78 is 11.3. The van der Waals surface area contributed by atoms with Gasteiger partial charge >= 0.3 is 0 Å². The van der Waals surface area contributed by atoms with Crippen LogP contribution in [0.15, 0.2) is 60.8 Å². The van der Waals surface area contributed by atoms with Crippen LogP contribution in [0.3, 0.4) is 0 Å². The molecule has 1 aliphatic heterocycles. The standard InChI is InChI=1S/C62H113NO8/c1-3-5-7-9-11-13-15-17-19-21-23-25-26-27-28-29-30-32-34-36-38-40-42-44-46-48-50-52-58(66)63-55(54-70-62-61(69)60(68)59(67)57(53-64)71-62)56(65)51-49-47-45-43-41-39-37-35-33-31-24-22-20-18-16-14-12-10-8-6-4-2/h5,7,11,13,17,19,23,25,27-28,55-57,59-62,64-65,67-69H,3-4,6,8-10,12,14-16,18,20-22,24,26,29-54H2,1-2H3,(H,63,66)/b7-5-,13-11-,19-17-,25-23-,28-27-. The molecule has 1 amide bonds. The first-order valence-electron chi connectivity index (χ1n) is 30.0. The number of hydrogen-bond donors (Lipinski definition) is 6. The monoisotopic (exact) mass is 1000 g/mol.